The van der Waals surface area contributed by atoms with Gasteiger partial charge in [0.25, 0.3) is 5.91 Å². The molecule has 7 heteroatoms. The molecule has 0 bridgehead atoms. The summed E-state index contributed by atoms with van der Waals surface area (Å²) in [6, 6.07) is 4.06. The van der Waals surface area contributed by atoms with Crippen LogP contribution in [0.1, 0.15) is 16.8 Å². The van der Waals surface area contributed by atoms with Gasteiger partial charge in [-0.3, -0.25) is 9.59 Å². The summed E-state index contributed by atoms with van der Waals surface area (Å²) in [6.45, 7) is 2.33. The lowest BCUT2D eigenvalue weighted by molar-refractivity contribution is -0.135. The smallest absolute Gasteiger partial charge is 0.258 e. The van der Waals surface area contributed by atoms with Gasteiger partial charge >= 0.3 is 0 Å². The predicted octanol–water partition coefficient (Wildman–Crippen LogP) is 0.0765. The number of aromatic hydroxyl groups is 2. The van der Waals surface area contributed by atoms with Crippen molar-refractivity contribution in [2.75, 3.05) is 32.8 Å². The minimum atomic E-state index is -0.611. The zero-order valence-electron chi connectivity index (χ0n) is 11.5. The van der Waals surface area contributed by atoms with Crippen LogP contribution in [0.25, 0.3) is 0 Å². The van der Waals surface area contributed by atoms with Gasteiger partial charge in [0.15, 0.2) is 0 Å². The monoisotopic (exact) mass is 294 g/mol. The topological polar surface area (TPSA) is 99.1 Å². The highest BCUT2D eigenvalue weighted by atomic mass is 16.5. The largest absolute Gasteiger partial charge is 0.507 e. The van der Waals surface area contributed by atoms with Gasteiger partial charge in [-0.1, -0.05) is 6.07 Å². The lowest BCUT2D eigenvalue weighted by atomic mass is 10.1. The van der Waals surface area contributed by atoms with Crippen molar-refractivity contribution in [3.8, 4) is 11.5 Å². The van der Waals surface area contributed by atoms with Gasteiger partial charge in [0, 0.05) is 26.1 Å². The minimum Gasteiger partial charge on any atom is -0.507 e. The zero-order chi connectivity index (χ0) is 15.2. The van der Waals surface area contributed by atoms with E-state index in [-0.39, 0.29) is 35.9 Å². The number of phenols is 2. The Morgan fingerprint density at radius 1 is 1.19 bits per heavy atom. The molecule has 0 radical (unpaired) electrons. The van der Waals surface area contributed by atoms with Crippen molar-refractivity contribution in [2.45, 2.75) is 6.42 Å². The zero-order valence-corrected chi connectivity index (χ0v) is 11.5. The first-order valence-electron chi connectivity index (χ1n) is 6.74. The van der Waals surface area contributed by atoms with Gasteiger partial charge in [0.2, 0.25) is 5.91 Å². The highest BCUT2D eigenvalue weighted by molar-refractivity contribution is 5.99. The molecule has 0 aromatic heterocycles. The van der Waals surface area contributed by atoms with Gasteiger partial charge in [0.05, 0.1) is 13.2 Å². The number of ether oxygens (including phenoxy) is 1. The number of phenolic OH excluding ortho intramolecular Hbond substituents is 2. The molecular formula is C14H18N2O5. The Kier molecular flexibility index (Phi) is 4.99. The first-order chi connectivity index (χ1) is 10.1. The Labute approximate surface area is 122 Å². The molecule has 7 nitrogen and oxygen atoms in total. The number of morpholine rings is 1. The van der Waals surface area contributed by atoms with Crippen LogP contribution in [-0.4, -0.2) is 59.8 Å². The van der Waals surface area contributed by atoms with Gasteiger partial charge in [-0.05, 0) is 12.1 Å². The van der Waals surface area contributed by atoms with Crippen molar-refractivity contribution in [3.63, 3.8) is 0 Å². The highest BCUT2D eigenvalue weighted by Gasteiger charge is 2.18. The van der Waals surface area contributed by atoms with E-state index in [9.17, 15) is 19.8 Å². The Hall–Kier alpha value is -2.28. The van der Waals surface area contributed by atoms with E-state index in [0.29, 0.717) is 26.3 Å². The summed E-state index contributed by atoms with van der Waals surface area (Å²) in [7, 11) is 0. The normalized spacial score (nSPS) is 14.8. The summed E-state index contributed by atoms with van der Waals surface area (Å²) in [4.78, 5) is 25.4. The lowest BCUT2D eigenvalue weighted by Crippen LogP contribution is -2.42. The maximum atomic E-state index is 11.9. The minimum absolute atomic E-state index is 0.0555. The van der Waals surface area contributed by atoms with Gasteiger partial charge < -0.3 is 25.2 Å². The van der Waals surface area contributed by atoms with Gasteiger partial charge in [-0.25, -0.2) is 0 Å². The van der Waals surface area contributed by atoms with Crippen LogP contribution in [0.2, 0.25) is 0 Å². The van der Waals surface area contributed by atoms with E-state index in [2.05, 4.69) is 5.32 Å². The summed E-state index contributed by atoms with van der Waals surface area (Å²) >= 11 is 0. The van der Waals surface area contributed by atoms with E-state index < -0.39 is 5.91 Å². The van der Waals surface area contributed by atoms with Crippen LogP contribution in [0, 0.1) is 0 Å². The molecule has 21 heavy (non-hydrogen) atoms. The fourth-order valence-electron chi connectivity index (χ4n) is 2.10. The Morgan fingerprint density at radius 2 is 1.81 bits per heavy atom. The Morgan fingerprint density at radius 3 is 2.43 bits per heavy atom. The van der Waals surface area contributed by atoms with Crippen molar-refractivity contribution in [1.82, 2.24) is 10.2 Å². The molecular weight excluding hydrogens is 276 g/mol. The molecule has 0 atom stereocenters. The second-order valence-electron chi connectivity index (χ2n) is 4.67. The molecule has 114 valence electrons. The van der Waals surface area contributed by atoms with Crippen molar-refractivity contribution < 1.29 is 24.5 Å². The summed E-state index contributed by atoms with van der Waals surface area (Å²) in [6.07, 6.45) is 0.167. The van der Waals surface area contributed by atoms with Crippen LogP contribution in [0.5, 0.6) is 11.5 Å². The quantitative estimate of drug-likeness (QED) is 0.730. The van der Waals surface area contributed by atoms with Crippen molar-refractivity contribution in [2.24, 2.45) is 0 Å². The van der Waals surface area contributed by atoms with E-state index in [1.807, 2.05) is 0 Å². The third-order valence-electron chi connectivity index (χ3n) is 3.24. The van der Waals surface area contributed by atoms with Gasteiger partial charge in [0.1, 0.15) is 17.1 Å². The second-order valence-corrected chi connectivity index (χ2v) is 4.67. The Bertz CT molecular complexity index is 506. The van der Waals surface area contributed by atoms with Crippen LogP contribution in [0.4, 0.5) is 0 Å². The first-order valence-corrected chi connectivity index (χ1v) is 6.74. The maximum Gasteiger partial charge on any atom is 0.258 e. The van der Waals surface area contributed by atoms with Crippen LogP contribution in [-0.2, 0) is 9.53 Å². The molecule has 1 aliphatic heterocycles. The molecule has 2 amide bonds. The molecule has 0 spiro atoms. The maximum absolute atomic E-state index is 11.9. The van der Waals surface area contributed by atoms with E-state index >= 15 is 0 Å². The number of rotatable bonds is 4. The van der Waals surface area contributed by atoms with Crippen LogP contribution >= 0.6 is 0 Å². The Balaban J connectivity index is 1.83. The van der Waals surface area contributed by atoms with Crippen molar-refractivity contribution in [3.05, 3.63) is 23.8 Å². The lowest BCUT2D eigenvalue weighted by Gasteiger charge is -2.26. The van der Waals surface area contributed by atoms with Crippen LogP contribution < -0.4 is 5.32 Å². The molecule has 1 heterocycles. The van der Waals surface area contributed by atoms with Crippen molar-refractivity contribution in [1.29, 1.82) is 0 Å². The molecule has 0 unspecified atom stereocenters. The molecule has 1 saturated heterocycles. The average molecular weight is 294 g/mol. The van der Waals surface area contributed by atoms with Gasteiger partial charge in [-0.15, -0.1) is 0 Å². The summed E-state index contributed by atoms with van der Waals surface area (Å²) < 4.78 is 5.16. The highest BCUT2D eigenvalue weighted by Crippen LogP contribution is 2.25. The van der Waals surface area contributed by atoms with E-state index in [1.165, 1.54) is 18.2 Å². The second kappa shape index (κ2) is 6.94. The number of amides is 2. The third-order valence-corrected chi connectivity index (χ3v) is 3.24. The van der Waals surface area contributed by atoms with E-state index in [0.717, 1.165) is 0 Å². The number of carbonyl (C=O) groups excluding carboxylic acids is 2. The number of nitrogens with one attached hydrogen (secondary N) is 1. The predicted molar refractivity (Wildman–Crippen MR) is 74.1 cm³/mol. The standard InChI is InChI=1S/C14H18N2O5/c17-10-2-1-3-11(18)13(10)14(20)15-5-4-12(19)16-6-8-21-9-7-16/h1-3,17-18H,4-9H2,(H,15,20). The molecule has 1 aliphatic rings. The summed E-state index contributed by atoms with van der Waals surface area (Å²) in [5, 5.41) is 21.6. The molecule has 0 saturated carbocycles. The number of hydrogen-bond donors (Lipinski definition) is 3. The molecule has 2 rings (SSSR count). The summed E-state index contributed by atoms with van der Waals surface area (Å²) in [5.41, 5.74) is -0.184. The fraction of sp³-hybridized carbons (Fsp3) is 0.429. The third kappa shape index (κ3) is 3.85. The SMILES string of the molecule is O=C(NCCC(=O)N1CCOCC1)c1c(O)cccc1O. The summed E-state index contributed by atoms with van der Waals surface area (Å²) in [5.74, 6) is -1.26. The molecule has 1 aromatic rings. The first kappa shape index (κ1) is 15.1. The molecule has 3 N–H and O–H groups in total. The van der Waals surface area contributed by atoms with E-state index in [1.54, 1.807) is 4.90 Å². The van der Waals surface area contributed by atoms with Crippen LogP contribution in [0.15, 0.2) is 18.2 Å². The average Bonchev–Trinajstić information content (AvgIpc) is 2.48. The number of carbonyl (C=O) groups is 2. The number of benzene rings is 1. The molecule has 1 aromatic carbocycles. The van der Waals surface area contributed by atoms with Gasteiger partial charge in [-0.2, -0.15) is 0 Å². The van der Waals surface area contributed by atoms with Crippen LogP contribution in [0.3, 0.4) is 0 Å². The number of nitrogens with zero attached hydrogens (tertiary/aromatic N) is 1. The number of hydrogen-bond acceptors (Lipinski definition) is 5. The fourth-order valence-corrected chi connectivity index (χ4v) is 2.10. The van der Waals surface area contributed by atoms with Crippen molar-refractivity contribution >= 4 is 11.8 Å². The molecule has 0 aliphatic carbocycles. The molecule has 1 fully saturated rings. The van der Waals surface area contributed by atoms with E-state index in [4.69, 9.17) is 4.74 Å².